The molecule has 7 nitrogen and oxygen atoms in total. The van der Waals surface area contributed by atoms with Gasteiger partial charge in [-0.2, -0.15) is 0 Å². The van der Waals surface area contributed by atoms with E-state index in [1.165, 1.54) is 145 Å². The van der Waals surface area contributed by atoms with E-state index >= 15 is 0 Å². The highest BCUT2D eigenvalue weighted by Crippen LogP contribution is 2.57. The lowest BCUT2D eigenvalue weighted by Gasteiger charge is -2.24. The van der Waals surface area contributed by atoms with Gasteiger partial charge in [-0.25, -0.2) is 29.9 Å². The van der Waals surface area contributed by atoms with Gasteiger partial charge < -0.3 is 4.42 Å². The van der Waals surface area contributed by atoms with Crippen molar-refractivity contribution in [3.05, 3.63) is 448 Å². The molecule has 0 saturated heterocycles. The van der Waals surface area contributed by atoms with Crippen molar-refractivity contribution >= 4 is 216 Å². The molecule has 0 unspecified atom stereocenters. The molecule has 0 radical (unpaired) electrons. The van der Waals surface area contributed by atoms with Gasteiger partial charge in [0.15, 0.2) is 0 Å². The van der Waals surface area contributed by atoms with Crippen LogP contribution in [0.1, 0.15) is 25.0 Å². The van der Waals surface area contributed by atoms with Crippen molar-refractivity contribution in [1.82, 2.24) is 29.9 Å². The molecule has 1 aliphatic carbocycles. The zero-order chi connectivity index (χ0) is 90.2. The van der Waals surface area contributed by atoms with Gasteiger partial charge in [0.2, 0.25) is 0 Å². The zero-order valence-electron chi connectivity index (χ0n) is 74.6. The van der Waals surface area contributed by atoms with Crippen molar-refractivity contribution in [2.75, 3.05) is 0 Å². The molecule has 30 rings (SSSR count). The van der Waals surface area contributed by atoms with Crippen LogP contribution in [0.15, 0.2) is 441 Å². The van der Waals surface area contributed by atoms with E-state index in [0.29, 0.717) is 0 Å². The highest BCUT2D eigenvalue weighted by molar-refractivity contribution is 7.27. The van der Waals surface area contributed by atoms with Crippen LogP contribution in [0.5, 0.6) is 0 Å². The number of hydrogen-bond acceptors (Lipinski definition) is 8. The van der Waals surface area contributed by atoms with Gasteiger partial charge in [-0.05, 0) is 173 Å². The van der Waals surface area contributed by atoms with E-state index in [-0.39, 0.29) is 5.41 Å². The lowest BCUT2D eigenvalue weighted by atomic mass is 9.79. The van der Waals surface area contributed by atoms with E-state index in [1.54, 1.807) is 0 Å². The van der Waals surface area contributed by atoms with Gasteiger partial charge in [0.25, 0.3) is 0 Å². The third kappa shape index (κ3) is 12.2. The second-order valence-electron chi connectivity index (χ2n) is 36.8. The Hall–Kier alpha value is -17.6. The molecule has 24 aromatic carbocycles. The predicted octanol–water partition coefficient (Wildman–Crippen LogP) is 35.3. The van der Waals surface area contributed by atoms with Crippen LogP contribution in [0.2, 0.25) is 0 Å². The fraction of sp³-hybridized carbons (Fsp3) is 0.0233. The largest absolute Gasteiger partial charge is 0.455 e. The summed E-state index contributed by atoms with van der Waals surface area (Å²) in [7, 11) is 0. The molecule has 0 saturated carbocycles. The van der Waals surface area contributed by atoms with E-state index in [1.807, 2.05) is 35.6 Å². The van der Waals surface area contributed by atoms with Gasteiger partial charge in [-0.15, -0.1) is 11.3 Å². The quantitative estimate of drug-likeness (QED) is 0.153. The Morgan fingerprint density at radius 1 is 0.219 bits per heavy atom. The normalized spacial score (nSPS) is 12.5. The lowest BCUT2D eigenvalue weighted by Crippen LogP contribution is -2.15. The molecule has 636 valence electrons. The zero-order valence-corrected chi connectivity index (χ0v) is 75.4. The molecule has 0 bridgehead atoms. The maximum Gasteiger partial charge on any atom is 0.143 e. The first-order valence-electron chi connectivity index (χ1n) is 46.9. The van der Waals surface area contributed by atoms with Crippen molar-refractivity contribution in [3.8, 4) is 78.7 Å². The smallest absolute Gasteiger partial charge is 0.143 e. The van der Waals surface area contributed by atoms with Crippen LogP contribution in [-0.4, -0.2) is 29.9 Å². The molecule has 0 atom stereocenters. The Bertz CT molecular complexity index is 9850. The molecular weight excluding hydrogens is 1680 g/mol. The number of fused-ring (bicyclic) bond motifs is 39. The molecule has 1 aliphatic rings. The third-order valence-corrected chi connectivity index (χ3v) is 30.0. The highest BCUT2D eigenvalue weighted by atomic mass is 32.1. The topological polar surface area (TPSA) is 90.5 Å². The van der Waals surface area contributed by atoms with Gasteiger partial charge in [0, 0.05) is 96.7 Å². The second kappa shape index (κ2) is 30.8. The minimum Gasteiger partial charge on any atom is -0.455 e. The van der Waals surface area contributed by atoms with Crippen LogP contribution in [0.3, 0.4) is 0 Å². The number of hydrogen-bond donors (Lipinski definition) is 0. The van der Waals surface area contributed by atoms with Crippen molar-refractivity contribution in [3.63, 3.8) is 0 Å². The van der Waals surface area contributed by atoms with Crippen LogP contribution in [0.25, 0.3) is 283 Å². The van der Waals surface area contributed by atoms with Gasteiger partial charge >= 0.3 is 0 Å². The molecule has 137 heavy (non-hydrogen) atoms. The molecule has 5 heterocycles. The van der Waals surface area contributed by atoms with Crippen LogP contribution >= 0.6 is 11.3 Å². The fourth-order valence-electron chi connectivity index (χ4n) is 22.6. The Morgan fingerprint density at radius 3 is 1.05 bits per heavy atom. The van der Waals surface area contributed by atoms with Crippen LogP contribution in [0.4, 0.5) is 0 Å². The average molecular weight is 1760 g/mol. The second-order valence-corrected chi connectivity index (χ2v) is 37.8. The minimum atomic E-state index is -0.0781. The number of nitrogens with zero attached hydrogens (tertiary/aromatic N) is 6. The van der Waals surface area contributed by atoms with Crippen LogP contribution in [0, 0.1) is 0 Å². The summed E-state index contributed by atoms with van der Waals surface area (Å²) in [5.41, 5.74) is 24.5. The molecular formula is C129H78N6OS. The maximum atomic E-state index is 6.47. The summed E-state index contributed by atoms with van der Waals surface area (Å²) in [6.07, 6.45) is 0. The fourth-order valence-corrected chi connectivity index (χ4v) is 23.8. The summed E-state index contributed by atoms with van der Waals surface area (Å²) < 4.78 is 9.16. The van der Waals surface area contributed by atoms with E-state index in [9.17, 15) is 0 Å². The summed E-state index contributed by atoms with van der Waals surface area (Å²) in [5, 5.41) is 34.4. The first-order chi connectivity index (χ1) is 67.7. The number of furan rings is 1. The minimum absolute atomic E-state index is 0.0781. The Morgan fingerprint density at radius 2 is 0.562 bits per heavy atom. The summed E-state index contributed by atoms with van der Waals surface area (Å²) in [4.78, 5) is 31.9. The maximum absolute atomic E-state index is 6.47. The van der Waals surface area contributed by atoms with Gasteiger partial charge in [0.05, 0.1) is 67.3 Å². The summed E-state index contributed by atoms with van der Waals surface area (Å²) in [6, 6.07) is 156. The molecule has 29 aromatic rings. The molecule has 0 spiro atoms. The lowest BCUT2D eigenvalue weighted by molar-refractivity contribution is 0.666. The first-order valence-corrected chi connectivity index (χ1v) is 47.7. The Labute approximate surface area is 790 Å². The molecule has 8 heteroatoms. The van der Waals surface area contributed by atoms with Crippen LogP contribution < -0.4 is 0 Å². The van der Waals surface area contributed by atoms with Crippen molar-refractivity contribution in [2.45, 2.75) is 19.3 Å². The number of aromatic nitrogens is 6. The van der Waals surface area contributed by atoms with E-state index in [0.717, 1.165) is 150 Å². The van der Waals surface area contributed by atoms with E-state index in [4.69, 9.17) is 34.3 Å². The van der Waals surface area contributed by atoms with Gasteiger partial charge in [0.1, 0.15) is 11.2 Å². The standard InChI is InChI=1S/C45H30N2.C42H24N2O.C42H24N2S/c1-45(2)37-19-11-10-18-35(37)40-36-24-20-29-26-30(21-23-31(29)39(36)33-16-8-9-17-34(33)41(40)45)43-42(28-13-4-3-5-14-28)46-38-25-22-27-12-6-7-15-32(27)44(38)47-43;2*1-2-11-26(12-3-1)39-40(44-41-30-13-5-4-10-25(30)20-23-35(41)43-39)28-19-21-29-27(24-28)18-22-34-37(29)31-14-6-7-15-32(31)42-38(34)33-16-8-9-17-36(33)45-42/h3-26H,1-2H3;2*1-24H. The molecule has 0 amide bonds. The predicted molar refractivity (Wildman–Crippen MR) is 579 cm³/mol. The number of rotatable bonds is 6. The Balaban J connectivity index is 0.000000102. The molecule has 0 N–H and O–H groups in total. The third-order valence-electron chi connectivity index (χ3n) is 28.8. The highest BCUT2D eigenvalue weighted by Gasteiger charge is 2.39. The number of benzene rings is 24. The molecule has 0 fully saturated rings. The molecule has 0 aliphatic heterocycles. The number of para-hydroxylation sites is 1. The van der Waals surface area contributed by atoms with Crippen LogP contribution in [-0.2, 0) is 5.41 Å². The van der Waals surface area contributed by atoms with E-state index < -0.39 is 0 Å². The monoisotopic (exact) mass is 1760 g/mol. The van der Waals surface area contributed by atoms with Crippen molar-refractivity contribution in [2.24, 2.45) is 0 Å². The summed E-state index contributed by atoms with van der Waals surface area (Å²) in [6.45, 7) is 4.75. The molecule has 5 aromatic heterocycles. The van der Waals surface area contributed by atoms with Crippen molar-refractivity contribution < 1.29 is 4.42 Å². The van der Waals surface area contributed by atoms with Crippen molar-refractivity contribution in [1.29, 1.82) is 0 Å². The summed E-state index contributed by atoms with van der Waals surface area (Å²) >= 11 is 1.90. The number of thiophene rings is 1. The Kier molecular flexibility index (Phi) is 17.5. The average Bonchev–Trinajstić information content (AvgIpc) is 1.54. The van der Waals surface area contributed by atoms with Gasteiger partial charge in [-0.1, -0.05) is 402 Å². The van der Waals surface area contributed by atoms with Gasteiger partial charge in [-0.3, -0.25) is 0 Å². The van der Waals surface area contributed by atoms with E-state index in [2.05, 4.69) is 426 Å². The summed E-state index contributed by atoms with van der Waals surface area (Å²) in [5.74, 6) is 0. The SMILES string of the molecule is CC1(C)c2ccccc2-c2c1c1ccccc1c1c2ccc2cc(-c3nc4c(ccc5ccccc54)nc3-c3ccccc3)ccc21.c1ccc(-c2nc3ccc4ccccc4c3nc2-c2ccc3c(ccc4c3c3ccccc3c3oc5ccccc5c43)c2)cc1.c1ccc(-c2nc3ccc4ccccc4c3nc2-c2ccc3c(ccc4c3c3ccccc3c3sc5ccccc5c43)c2)cc1. The first kappa shape index (κ1) is 78.1.